The molecule has 2 aromatic carbocycles. The van der Waals surface area contributed by atoms with Gasteiger partial charge in [0.05, 0.1) is 15.1 Å². The first-order valence-corrected chi connectivity index (χ1v) is 9.18. The number of carbonyl (C=O) groups is 1. The molecule has 144 valence electrons. The summed E-state index contributed by atoms with van der Waals surface area (Å²) in [4.78, 5) is 35.5. The summed E-state index contributed by atoms with van der Waals surface area (Å²) >= 11 is 1.00. The summed E-state index contributed by atoms with van der Waals surface area (Å²) in [5, 5.41) is 22.7. The molecule has 1 N–H and O–H groups in total. The molecule has 9 heteroatoms. The molecule has 0 aliphatic rings. The van der Waals surface area contributed by atoms with Crippen LogP contribution in [0.3, 0.4) is 0 Å². The van der Waals surface area contributed by atoms with E-state index in [4.69, 9.17) is 0 Å². The normalized spacial score (nSPS) is 12.2. The van der Waals surface area contributed by atoms with E-state index in [0.29, 0.717) is 11.3 Å². The molecule has 1 aromatic heterocycles. The summed E-state index contributed by atoms with van der Waals surface area (Å²) in [6, 6.07) is 16.3. The molecular formula is C20H14N4O4S. The van der Waals surface area contributed by atoms with Crippen LogP contribution in [0.2, 0.25) is 0 Å². The molecule has 8 nitrogen and oxygen atoms in total. The van der Waals surface area contributed by atoms with Gasteiger partial charge in [0.2, 0.25) is 0 Å². The maximum atomic E-state index is 13.1. The van der Waals surface area contributed by atoms with E-state index in [-0.39, 0.29) is 20.5 Å². The molecule has 0 saturated carbocycles. The molecular weight excluding hydrogens is 392 g/mol. The van der Waals surface area contributed by atoms with Crippen molar-refractivity contribution in [1.82, 2.24) is 9.88 Å². The number of non-ortho nitro benzene ring substituents is 1. The number of nitrogens with zero attached hydrogens (tertiary/aromatic N) is 3. The summed E-state index contributed by atoms with van der Waals surface area (Å²) in [5.41, 5.74) is 0.464. The maximum Gasteiger partial charge on any atom is 0.273 e. The number of aromatic nitrogens is 1. The Morgan fingerprint density at radius 3 is 2.41 bits per heavy atom. The first kappa shape index (κ1) is 19.7. The molecule has 1 amide bonds. The van der Waals surface area contributed by atoms with Crippen LogP contribution in [0.5, 0.6) is 0 Å². The predicted molar refractivity (Wildman–Crippen MR) is 109 cm³/mol. The van der Waals surface area contributed by atoms with Crippen molar-refractivity contribution in [2.75, 3.05) is 7.05 Å². The topological polar surface area (TPSA) is 118 Å². The minimum atomic E-state index is -0.597. The lowest BCUT2D eigenvalue weighted by molar-refractivity contribution is -0.384. The molecule has 0 unspecified atom stereocenters. The monoisotopic (exact) mass is 406 g/mol. The Morgan fingerprint density at radius 2 is 1.86 bits per heavy atom. The van der Waals surface area contributed by atoms with Crippen LogP contribution in [-0.4, -0.2) is 22.4 Å². The van der Waals surface area contributed by atoms with E-state index in [2.05, 4.69) is 5.32 Å². The van der Waals surface area contributed by atoms with Gasteiger partial charge in [0.1, 0.15) is 10.7 Å². The number of nitriles is 1. The molecule has 0 bridgehead atoms. The Kier molecular flexibility index (Phi) is 5.66. The Morgan fingerprint density at radius 1 is 1.21 bits per heavy atom. The second-order valence-corrected chi connectivity index (χ2v) is 6.84. The third kappa shape index (κ3) is 3.97. The van der Waals surface area contributed by atoms with Crippen LogP contribution in [0.1, 0.15) is 5.56 Å². The van der Waals surface area contributed by atoms with Crippen LogP contribution in [0.15, 0.2) is 59.4 Å². The van der Waals surface area contributed by atoms with Crippen LogP contribution in [0.4, 0.5) is 5.69 Å². The number of nitro benzene ring substituents is 1. The highest BCUT2D eigenvalue weighted by molar-refractivity contribution is 7.07. The van der Waals surface area contributed by atoms with Crippen LogP contribution in [0, 0.1) is 21.4 Å². The van der Waals surface area contributed by atoms with E-state index < -0.39 is 16.4 Å². The Balaban J connectivity index is 2.33. The van der Waals surface area contributed by atoms with Gasteiger partial charge in [-0.25, -0.2) is 0 Å². The average Bonchev–Trinajstić information content (AvgIpc) is 3.05. The van der Waals surface area contributed by atoms with Crippen molar-refractivity contribution in [2.45, 2.75) is 0 Å². The third-order valence-corrected chi connectivity index (χ3v) is 5.11. The lowest BCUT2D eigenvalue weighted by Gasteiger charge is -2.02. The van der Waals surface area contributed by atoms with E-state index in [0.717, 1.165) is 11.3 Å². The number of para-hydroxylation sites is 1. The average molecular weight is 406 g/mol. The molecule has 3 aromatic rings. The number of amides is 1. The largest absolute Gasteiger partial charge is 0.354 e. The Hall–Kier alpha value is -4.03. The van der Waals surface area contributed by atoms with Crippen molar-refractivity contribution < 1.29 is 9.72 Å². The van der Waals surface area contributed by atoms with Crippen molar-refractivity contribution in [3.8, 4) is 11.8 Å². The summed E-state index contributed by atoms with van der Waals surface area (Å²) < 4.78 is 1.81. The van der Waals surface area contributed by atoms with Gasteiger partial charge in [0, 0.05) is 19.2 Å². The van der Waals surface area contributed by atoms with Crippen LogP contribution >= 0.6 is 11.3 Å². The van der Waals surface area contributed by atoms with Crippen molar-refractivity contribution in [2.24, 2.45) is 0 Å². The van der Waals surface area contributed by atoms with E-state index in [1.165, 1.54) is 35.9 Å². The fourth-order valence-corrected chi connectivity index (χ4v) is 3.73. The quantitative estimate of drug-likeness (QED) is 0.513. The molecule has 3 rings (SSSR count). The van der Waals surface area contributed by atoms with E-state index in [1.54, 1.807) is 36.4 Å². The third-order valence-electron chi connectivity index (χ3n) is 4.02. The second kappa shape index (κ2) is 8.33. The van der Waals surface area contributed by atoms with E-state index in [1.807, 2.05) is 6.07 Å². The fourth-order valence-electron chi connectivity index (χ4n) is 2.63. The van der Waals surface area contributed by atoms with Gasteiger partial charge in [0.15, 0.2) is 5.57 Å². The van der Waals surface area contributed by atoms with Crippen molar-refractivity contribution >= 4 is 34.6 Å². The zero-order chi connectivity index (χ0) is 21.0. The van der Waals surface area contributed by atoms with Gasteiger partial charge in [-0.05, 0) is 35.9 Å². The van der Waals surface area contributed by atoms with Gasteiger partial charge < -0.3 is 5.32 Å². The number of hydrogen-bond donors (Lipinski definition) is 1. The SMILES string of the molecule is CNC(=O)/C(C#N)=c1/s/c(=C/c2ccc([N+](=O)[O-])cc2)c(=O)n1-c1ccccc1. The van der Waals surface area contributed by atoms with Crippen molar-refractivity contribution in [1.29, 1.82) is 5.26 Å². The zero-order valence-corrected chi connectivity index (χ0v) is 16.0. The van der Waals surface area contributed by atoms with E-state index >= 15 is 0 Å². The Labute approximate surface area is 168 Å². The number of hydrogen-bond acceptors (Lipinski definition) is 6. The van der Waals surface area contributed by atoms with Crippen molar-refractivity contribution in [3.63, 3.8) is 0 Å². The number of nitrogens with one attached hydrogen (secondary N) is 1. The Bertz CT molecular complexity index is 1300. The van der Waals surface area contributed by atoms with Gasteiger partial charge in [0.25, 0.3) is 17.2 Å². The smallest absolute Gasteiger partial charge is 0.273 e. The van der Waals surface area contributed by atoms with Gasteiger partial charge in [-0.2, -0.15) is 5.26 Å². The van der Waals surface area contributed by atoms with E-state index in [9.17, 15) is 25.0 Å². The van der Waals surface area contributed by atoms with Crippen LogP contribution < -0.4 is 20.1 Å². The highest BCUT2D eigenvalue weighted by Gasteiger charge is 2.15. The lowest BCUT2D eigenvalue weighted by atomic mass is 10.2. The molecule has 0 aliphatic carbocycles. The second-order valence-electron chi connectivity index (χ2n) is 5.81. The summed E-state index contributed by atoms with van der Waals surface area (Å²) in [5.74, 6) is -0.597. The molecule has 1 heterocycles. The number of thiazole rings is 1. The number of rotatable bonds is 4. The zero-order valence-electron chi connectivity index (χ0n) is 15.2. The molecule has 0 spiro atoms. The summed E-state index contributed by atoms with van der Waals surface area (Å²) in [6.45, 7) is 0. The summed E-state index contributed by atoms with van der Waals surface area (Å²) in [6.07, 6.45) is 1.57. The molecule has 0 saturated heterocycles. The fraction of sp³-hybridized carbons (Fsp3) is 0.0500. The molecule has 0 radical (unpaired) electrons. The van der Waals surface area contributed by atoms with Gasteiger partial charge in [-0.15, -0.1) is 11.3 Å². The molecule has 0 atom stereocenters. The number of carbonyl (C=O) groups excluding carboxylic acids is 1. The van der Waals surface area contributed by atoms with Gasteiger partial charge in [-0.1, -0.05) is 18.2 Å². The molecule has 0 aliphatic heterocycles. The first-order chi connectivity index (χ1) is 14.0. The molecule has 0 fully saturated rings. The van der Waals surface area contributed by atoms with Gasteiger partial charge in [-0.3, -0.25) is 24.3 Å². The first-order valence-electron chi connectivity index (χ1n) is 8.36. The number of nitro groups is 1. The van der Waals surface area contributed by atoms with Crippen LogP contribution in [-0.2, 0) is 4.79 Å². The maximum absolute atomic E-state index is 13.1. The summed E-state index contributed by atoms with van der Waals surface area (Å²) in [7, 11) is 1.40. The minimum absolute atomic E-state index is 0.0598. The van der Waals surface area contributed by atoms with Gasteiger partial charge >= 0.3 is 0 Å². The highest BCUT2D eigenvalue weighted by atomic mass is 32.1. The lowest BCUT2D eigenvalue weighted by Crippen LogP contribution is -2.33. The van der Waals surface area contributed by atoms with Crippen LogP contribution in [0.25, 0.3) is 17.3 Å². The molecule has 29 heavy (non-hydrogen) atoms. The highest BCUT2D eigenvalue weighted by Crippen LogP contribution is 2.12. The standard InChI is InChI=1S/C20H14N4O4S/c1-22-18(25)16(12-21)20-23(14-5-3-2-4-6-14)19(26)17(29-20)11-13-7-9-15(10-8-13)24(27)28/h2-11H,1H3,(H,22,25)/b17-11+,20-16+. The number of benzene rings is 2. The van der Waals surface area contributed by atoms with Crippen molar-refractivity contribution in [3.05, 3.63) is 89.8 Å². The predicted octanol–water partition coefficient (Wildman–Crippen LogP) is 1.06. The minimum Gasteiger partial charge on any atom is -0.354 e.